The van der Waals surface area contributed by atoms with Crippen molar-refractivity contribution in [3.63, 3.8) is 0 Å². The largest absolute Gasteiger partial charge is 0.482 e. The highest BCUT2D eigenvalue weighted by Gasteiger charge is 2.20. The summed E-state index contributed by atoms with van der Waals surface area (Å²) in [5.74, 6) is -0.247. The predicted octanol–water partition coefficient (Wildman–Crippen LogP) is 4.27. The second-order valence-corrected chi connectivity index (χ2v) is 7.34. The van der Waals surface area contributed by atoms with Crippen LogP contribution < -0.4 is 4.74 Å². The van der Waals surface area contributed by atoms with Gasteiger partial charge in [0.15, 0.2) is 13.2 Å². The third-order valence-electron chi connectivity index (χ3n) is 5.08. The van der Waals surface area contributed by atoms with E-state index in [4.69, 9.17) is 14.2 Å². The number of benzene rings is 2. The van der Waals surface area contributed by atoms with Gasteiger partial charge < -0.3 is 18.8 Å². The van der Waals surface area contributed by atoms with Crippen LogP contribution in [-0.4, -0.2) is 43.3 Å². The molecule has 0 fully saturated rings. The average molecular weight is 409 g/mol. The van der Waals surface area contributed by atoms with Crippen LogP contribution in [-0.2, 0) is 14.3 Å². The maximum atomic E-state index is 12.6. The Morgan fingerprint density at radius 1 is 1.00 bits per heavy atom. The van der Waals surface area contributed by atoms with Crippen molar-refractivity contribution in [2.45, 2.75) is 26.8 Å². The van der Waals surface area contributed by atoms with Gasteiger partial charge in [0.05, 0.1) is 12.6 Å². The van der Waals surface area contributed by atoms with Crippen LogP contribution in [0.3, 0.4) is 0 Å². The van der Waals surface area contributed by atoms with Crippen LogP contribution in [0.1, 0.15) is 34.7 Å². The maximum Gasteiger partial charge on any atom is 0.344 e. The highest BCUT2D eigenvalue weighted by atomic mass is 16.6. The normalized spacial score (nSPS) is 12.0. The highest BCUT2D eigenvalue weighted by Crippen LogP contribution is 2.22. The van der Waals surface area contributed by atoms with Gasteiger partial charge in [-0.05, 0) is 49.7 Å². The number of rotatable bonds is 9. The van der Waals surface area contributed by atoms with Crippen molar-refractivity contribution in [2.75, 3.05) is 26.9 Å². The number of nitrogens with zero attached hydrogens (tertiary/aromatic N) is 1. The summed E-state index contributed by atoms with van der Waals surface area (Å²) in [7, 11) is 1.65. The molecule has 0 saturated heterocycles. The van der Waals surface area contributed by atoms with E-state index in [1.807, 2.05) is 63.2 Å². The first-order valence-electron chi connectivity index (χ1n) is 9.88. The first-order chi connectivity index (χ1) is 14.4. The Hall–Kier alpha value is -3.12. The molecule has 0 radical (unpaired) electrons. The molecule has 0 spiro atoms. The lowest BCUT2D eigenvalue weighted by atomic mass is 10.1. The van der Waals surface area contributed by atoms with E-state index in [0.717, 1.165) is 22.2 Å². The van der Waals surface area contributed by atoms with Gasteiger partial charge in [-0.3, -0.25) is 4.79 Å². The molecule has 1 atom stereocenters. The fourth-order valence-corrected chi connectivity index (χ4v) is 3.72. The Kier molecular flexibility index (Phi) is 6.90. The van der Waals surface area contributed by atoms with Crippen LogP contribution in [0.4, 0.5) is 0 Å². The number of aryl methyl sites for hydroxylation is 1. The van der Waals surface area contributed by atoms with Crippen LogP contribution in [0.25, 0.3) is 10.8 Å². The molecule has 0 unspecified atom stereocenters. The molecule has 0 amide bonds. The van der Waals surface area contributed by atoms with Gasteiger partial charge in [-0.15, -0.1) is 0 Å². The van der Waals surface area contributed by atoms with Gasteiger partial charge >= 0.3 is 5.97 Å². The van der Waals surface area contributed by atoms with Gasteiger partial charge in [-0.25, -0.2) is 4.79 Å². The van der Waals surface area contributed by atoms with Crippen molar-refractivity contribution >= 4 is 22.5 Å². The van der Waals surface area contributed by atoms with Crippen molar-refractivity contribution in [1.29, 1.82) is 0 Å². The second-order valence-electron chi connectivity index (χ2n) is 7.34. The molecular weight excluding hydrogens is 382 g/mol. The van der Waals surface area contributed by atoms with Crippen LogP contribution >= 0.6 is 0 Å². The first-order valence-corrected chi connectivity index (χ1v) is 9.88. The topological polar surface area (TPSA) is 66.8 Å². The van der Waals surface area contributed by atoms with E-state index in [2.05, 4.69) is 4.57 Å². The Morgan fingerprint density at radius 2 is 1.73 bits per heavy atom. The average Bonchev–Trinajstić information content (AvgIpc) is 3.04. The minimum absolute atomic E-state index is 0.106. The number of fused-ring (bicyclic) bond motifs is 1. The Morgan fingerprint density at radius 3 is 2.47 bits per heavy atom. The number of carbonyl (C=O) groups is 2. The maximum absolute atomic E-state index is 12.6. The highest BCUT2D eigenvalue weighted by molar-refractivity contribution is 5.99. The molecule has 3 rings (SSSR count). The van der Waals surface area contributed by atoms with E-state index in [0.29, 0.717) is 17.9 Å². The summed E-state index contributed by atoms with van der Waals surface area (Å²) in [6.45, 7) is 5.84. The first kappa shape index (κ1) is 21.6. The molecule has 0 saturated carbocycles. The number of hydrogen-bond donors (Lipinski definition) is 0. The molecule has 0 aliphatic rings. The summed E-state index contributed by atoms with van der Waals surface area (Å²) in [4.78, 5) is 24.6. The third kappa shape index (κ3) is 4.89. The standard InChI is InChI=1S/C24H27NO5/c1-16-11-22(18(3)25(16)17(2)13-28-4)23(26)14-30-24(27)15-29-21-10-9-19-7-5-6-8-20(19)12-21/h5-12,17H,13-15H2,1-4H3/t17-/m1/s1. The molecular formula is C24H27NO5. The zero-order chi connectivity index (χ0) is 21.7. The Bertz CT molecular complexity index is 1050. The number of esters is 1. The molecule has 6 nitrogen and oxygen atoms in total. The molecule has 1 heterocycles. The minimum Gasteiger partial charge on any atom is -0.482 e. The quantitative estimate of drug-likeness (QED) is 0.390. The van der Waals surface area contributed by atoms with Crippen molar-refractivity contribution in [3.8, 4) is 5.75 Å². The van der Waals surface area contributed by atoms with Gasteiger partial charge in [0, 0.05) is 24.1 Å². The number of hydrogen-bond acceptors (Lipinski definition) is 5. The van der Waals surface area contributed by atoms with Crippen LogP contribution in [0.15, 0.2) is 48.5 Å². The summed E-state index contributed by atoms with van der Waals surface area (Å²) < 4.78 is 17.9. The minimum atomic E-state index is -0.585. The lowest BCUT2D eigenvalue weighted by Crippen LogP contribution is -2.20. The fraction of sp³-hybridized carbons (Fsp3) is 0.333. The van der Waals surface area contributed by atoms with Gasteiger partial charge in [0.2, 0.25) is 5.78 Å². The van der Waals surface area contributed by atoms with E-state index in [1.165, 1.54) is 0 Å². The fourth-order valence-electron chi connectivity index (χ4n) is 3.72. The molecule has 2 aromatic carbocycles. The molecule has 0 N–H and O–H groups in total. The van der Waals surface area contributed by atoms with Crippen LogP contribution in [0.2, 0.25) is 0 Å². The molecule has 0 aliphatic heterocycles. The number of ether oxygens (including phenoxy) is 3. The molecule has 0 bridgehead atoms. The number of methoxy groups -OCH3 is 1. The summed E-state index contributed by atoms with van der Waals surface area (Å²) in [6.07, 6.45) is 0. The smallest absolute Gasteiger partial charge is 0.344 e. The number of ketones is 1. The molecule has 0 aliphatic carbocycles. The van der Waals surface area contributed by atoms with Crippen molar-refractivity contribution in [2.24, 2.45) is 0 Å². The number of aromatic nitrogens is 1. The summed E-state index contributed by atoms with van der Waals surface area (Å²) >= 11 is 0. The lowest BCUT2D eigenvalue weighted by molar-refractivity contribution is -0.144. The zero-order valence-corrected chi connectivity index (χ0v) is 17.8. The zero-order valence-electron chi connectivity index (χ0n) is 17.8. The molecule has 6 heteroatoms. The molecule has 1 aromatic heterocycles. The second kappa shape index (κ2) is 9.59. The van der Waals surface area contributed by atoms with Gasteiger partial charge in [-0.2, -0.15) is 0 Å². The van der Waals surface area contributed by atoms with Gasteiger partial charge in [-0.1, -0.05) is 30.3 Å². The molecule has 30 heavy (non-hydrogen) atoms. The predicted molar refractivity (Wildman–Crippen MR) is 115 cm³/mol. The summed E-state index contributed by atoms with van der Waals surface area (Å²) in [5, 5.41) is 2.12. The Labute approximate surface area is 176 Å². The lowest BCUT2D eigenvalue weighted by Gasteiger charge is -2.17. The van der Waals surface area contributed by atoms with Crippen LogP contribution in [0, 0.1) is 13.8 Å². The SMILES string of the molecule is COC[C@@H](C)n1c(C)cc(C(=O)COC(=O)COc2ccc3ccccc3c2)c1C. The number of Topliss-reactive ketones (excluding diaryl/α,β-unsaturated/α-hetero) is 1. The van der Waals surface area contributed by atoms with E-state index in [9.17, 15) is 9.59 Å². The van der Waals surface area contributed by atoms with E-state index in [1.54, 1.807) is 13.2 Å². The van der Waals surface area contributed by atoms with E-state index >= 15 is 0 Å². The third-order valence-corrected chi connectivity index (χ3v) is 5.08. The number of carbonyl (C=O) groups excluding carboxylic acids is 2. The monoisotopic (exact) mass is 409 g/mol. The van der Waals surface area contributed by atoms with Crippen molar-refractivity contribution in [3.05, 3.63) is 65.5 Å². The van der Waals surface area contributed by atoms with Crippen molar-refractivity contribution in [1.82, 2.24) is 4.57 Å². The summed E-state index contributed by atoms with van der Waals surface area (Å²) in [6, 6.07) is 15.4. The van der Waals surface area contributed by atoms with Gasteiger partial charge in [0.25, 0.3) is 0 Å². The van der Waals surface area contributed by atoms with Crippen LogP contribution in [0.5, 0.6) is 5.75 Å². The van der Waals surface area contributed by atoms with E-state index in [-0.39, 0.29) is 25.0 Å². The van der Waals surface area contributed by atoms with Gasteiger partial charge in [0.1, 0.15) is 5.75 Å². The summed E-state index contributed by atoms with van der Waals surface area (Å²) in [5.41, 5.74) is 2.36. The van der Waals surface area contributed by atoms with Crippen molar-refractivity contribution < 1.29 is 23.8 Å². The van der Waals surface area contributed by atoms with E-state index < -0.39 is 5.97 Å². The molecule has 3 aromatic rings. The Balaban J connectivity index is 1.55. The molecule has 158 valence electrons.